The highest BCUT2D eigenvalue weighted by atomic mass is 19.3. The average Bonchev–Trinajstić information content (AvgIpc) is 2.21. The number of ether oxygens (including phenoxy) is 1. The molecule has 1 amide bonds. The Balaban J connectivity index is 4.45. The van der Waals surface area contributed by atoms with Gasteiger partial charge in [-0.1, -0.05) is 26.8 Å². The van der Waals surface area contributed by atoms with Gasteiger partial charge in [-0.3, -0.25) is 0 Å². The summed E-state index contributed by atoms with van der Waals surface area (Å²) in [6.07, 6.45) is -0.802. The molecule has 0 aliphatic rings. The van der Waals surface area contributed by atoms with E-state index in [1.54, 1.807) is 20.8 Å². The van der Waals surface area contributed by atoms with Gasteiger partial charge in [0.05, 0.1) is 0 Å². The highest BCUT2D eigenvalue weighted by Crippen LogP contribution is 2.21. The van der Waals surface area contributed by atoms with Crippen molar-refractivity contribution in [2.24, 2.45) is 5.41 Å². The van der Waals surface area contributed by atoms with Crippen LogP contribution in [0, 0.1) is 5.41 Å². The Bertz CT molecular complexity index is 350. The summed E-state index contributed by atoms with van der Waals surface area (Å²) in [7, 11) is 0. The van der Waals surface area contributed by atoms with E-state index < -0.39 is 42.5 Å². The quantitative estimate of drug-likeness (QED) is 0.732. The summed E-state index contributed by atoms with van der Waals surface area (Å²) in [5.41, 5.74) is -0.769. The zero-order chi connectivity index (χ0) is 15.3. The van der Waals surface area contributed by atoms with Crippen molar-refractivity contribution in [2.75, 3.05) is 6.61 Å². The summed E-state index contributed by atoms with van der Waals surface area (Å²) in [6, 6.07) is -1.23. The molecule has 0 aliphatic heterocycles. The van der Waals surface area contributed by atoms with E-state index in [2.05, 4.69) is 16.6 Å². The second kappa shape index (κ2) is 6.49. The number of hydrogen-bond acceptors (Lipinski definition) is 3. The third-order valence-electron chi connectivity index (χ3n) is 2.23. The molecule has 110 valence electrons. The molecule has 0 bridgehead atoms. The first-order valence-corrected chi connectivity index (χ1v) is 5.64. The van der Waals surface area contributed by atoms with E-state index in [1.165, 1.54) is 0 Å². The number of rotatable bonds is 6. The molecule has 0 radical (unpaired) electrons. The molecule has 0 heterocycles. The van der Waals surface area contributed by atoms with Crippen molar-refractivity contribution in [1.29, 1.82) is 0 Å². The fourth-order valence-electron chi connectivity index (χ4n) is 1.25. The van der Waals surface area contributed by atoms with Crippen LogP contribution < -0.4 is 5.32 Å². The third kappa shape index (κ3) is 6.73. The van der Waals surface area contributed by atoms with Crippen LogP contribution in [0.3, 0.4) is 0 Å². The first-order valence-electron chi connectivity index (χ1n) is 5.64. The van der Waals surface area contributed by atoms with Gasteiger partial charge in [0.2, 0.25) is 0 Å². The Hall–Kier alpha value is -1.66. The predicted octanol–water partition coefficient (Wildman–Crippen LogP) is 2.42. The van der Waals surface area contributed by atoms with Crippen molar-refractivity contribution in [3.63, 3.8) is 0 Å². The molecular formula is C12H19F2NO4. The molecule has 0 saturated heterocycles. The Morgan fingerprint density at radius 3 is 2.32 bits per heavy atom. The molecule has 0 unspecified atom stereocenters. The highest BCUT2D eigenvalue weighted by molar-refractivity contribution is 5.80. The lowest BCUT2D eigenvalue weighted by atomic mass is 9.87. The number of nitrogens with one attached hydrogen (secondary N) is 1. The molecule has 7 heteroatoms. The van der Waals surface area contributed by atoms with Crippen molar-refractivity contribution >= 4 is 12.1 Å². The first-order chi connectivity index (χ1) is 8.49. The summed E-state index contributed by atoms with van der Waals surface area (Å²) in [6.45, 7) is 6.83. The second-order valence-electron chi connectivity index (χ2n) is 5.21. The number of carboxylic acids is 1. The summed E-state index contributed by atoms with van der Waals surface area (Å²) >= 11 is 0. The number of allylic oxidation sites excluding steroid dienone is 1. The van der Waals surface area contributed by atoms with Crippen LogP contribution in [0.2, 0.25) is 0 Å². The number of carbonyl (C=O) groups is 2. The largest absolute Gasteiger partial charge is 0.480 e. The van der Waals surface area contributed by atoms with Gasteiger partial charge < -0.3 is 15.2 Å². The van der Waals surface area contributed by atoms with Crippen LogP contribution in [-0.4, -0.2) is 35.7 Å². The van der Waals surface area contributed by atoms with Gasteiger partial charge in [-0.15, -0.1) is 6.58 Å². The van der Waals surface area contributed by atoms with Crippen molar-refractivity contribution < 1.29 is 28.2 Å². The average molecular weight is 279 g/mol. The number of aliphatic carboxylic acids is 1. The maximum atomic E-state index is 13.0. The van der Waals surface area contributed by atoms with Crippen molar-refractivity contribution in [3.05, 3.63) is 12.7 Å². The maximum absolute atomic E-state index is 13.0. The molecule has 5 nitrogen and oxygen atoms in total. The summed E-state index contributed by atoms with van der Waals surface area (Å²) in [4.78, 5) is 22.3. The van der Waals surface area contributed by atoms with Crippen LogP contribution in [0.15, 0.2) is 12.7 Å². The van der Waals surface area contributed by atoms with Crippen LogP contribution >= 0.6 is 0 Å². The molecule has 0 aromatic rings. The smallest absolute Gasteiger partial charge is 0.408 e. The Morgan fingerprint density at radius 1 is 1.42 bits per heavy atom. The molecule has 0 spiro atoms. The number of hydrogen-bond donors (Lipinski definition) is 2. The number of amides is 1. The van der Waals surface area contributed by atoms with Crippen LogP contribution in [0.4, 0.5) is 13.6 Å². The minimum atomic E-state index is -3.21. The topological polar surface area (TPSA) is 75.6 Å². The van der Waals surface area contributed by atoms with E-state index in [-0.39, 0.29) is 0 Å². The normalized spacial score (nSPS) is 13.5. The molecule has 0 aliphatic carbocycles. The van der Waals surface area contributed by atoms with Gasteiger partial charge in [-0.05, 0) is 5.41 Å². The zero-order valence-corrected chi connectivity index (χ0v) is 11.2. The van der Waals surface area contributed by atoms with Crippen LogP contribution in [0.5, 0.6) is 0 Å². The van der Waals surface area contributed by atoms with Crippen LogP contribution in [0.25, 0.3) is 0 Å². The highest BCUT2D eigenvalue weighted by Gasteiger charge is 2.34. The molecule has 19 heavy (non-hydrogen) atoms. The lowest BCUT2D eigenvalue weighted by Gasteiger charge is -2.27. The fourth-order valence-corrected chi connectivity index (χ4v) is 1.25. The Labute approximate surface area is 110 Å². The zero-order valence-electron chi connectivity index (χ0n) is 11.2. The molecule has 0 rings (SSSR count). The lowest BCUT2D eigenvalue weighted by Crippen LogP contribution is -2.49. The lowest BCUT2D eigenvalue weighted by molar-refractivity contribution is -0.142. The van der Waals surface area contributed by atoms with Crippen LogP contribution in [-0.2, 0) is 9.53 Å². The number of alkyl carbamates (subject to hydrolysis) is 1. The third-order valence-corrected chi connectivity index (χ3v) is 2.23. The van der Waals surface area contributed by atoms with Gasteiger partial charge in [0.25, 0.3) is 5.92 Å². The van der Waals surface area contributed by atoms with Gasteiger partial charge in [0, 0.05) is 6.42 Å². The molecule has 2 N–H and O–H groups in total. The van der Waals surface area contributed by atoms with E-state index in [9.17, 15) is 18.4 Å². The molecule has 1 atom stereocenters. The van der Waals surface area contributed by atoms with Gasteiger partial charge in [0.15, 0.2) is 6.61 Å². The summed E-state index contributed by atoms with van der Waals surface area (Å²) in [5.74, 6) is -4.47. The van der Waals surface area contributed by atoms with E-state index in [4.69, 9.17) is 5.11 Å². The van der Waals surface area contributed by atoms with Gasteiger partial charge in [-0.25, -0.2) is 18.4 Å². The van der Waals surface area contributed by atoms with Crippen molar-refractivity contribution in [1.82, 2.24) is 5.32 Å². The molecular weight excluding hydrogens is 260 g/mol. The Kier molecular flexibility index (Phi) is 5.92. The molecule has 0 aromatic carbocycles. The standard InChI is InChI=1S/C12H19F2NO4/c1-5-6-12(13,14)7-19-10(18)15-8(9(16)17)11(2,3)4/h5,8H,1,6-7H2,2-4H3,(H,15,18)(H,16,17)/t8-/m1/s1. The van der Waals surface area contributed by atoms with E-state index >= 15 is 0 Å². The summed E-state index contributed by atoms with van der Waals surface area (Å²) in [5, 5.41) is 11.0. The van der Waals surface area contributed by atoms with Gasteiger partial charge >= 0.3 is 12.1 Å². The maximum Gasteiger partial charge on any atom is 0.408 e. The number of alkyl halides is 2. The molecule has 0 saturated carbocycles. The SMILES string of the molecule is C=CCC(F)(F)COC(=O)N[C@H](C(=O)O)C(C)(C)C. The van der Waals surface area contributed by atoms with E-state index in [0.29, 0.717) is 0 Å². The van der Waals surface area contributed by atoms with Crippen molar-refractivity contribution in [3.8, 4) is 0 Å². The van der Waals surface area contributed by atoms with Crippen LogP contribution in [0.1, 0.15) is 27.2 Å². The first kappa shape index (κ1) is 17.3. The summed E-state index contributed by atoms with van der Waals surface area (Å²) < 4.78 is 30.4. The van der Waals surface area contributed by atoms with E-state index in [0.717, 1.165) is 6.08 Å². The van der Waals surface area contributed by atoms with Crippen molar-refractivity contribution in [2.45, 2.75) is 39.2 Å². The second-order valence-corrected chi connectivity index (χ2v) is 5.21. The number of carboxylic acid groups (broad SMARTS) is 1. The molecule has 0 fully saturated rings. The predicted molar refractivity (Wildman–Crippen MR) is 65.1 cm³/mol. The minimum Gasteiger partial charge on any atom is -0.480 e. The number of halogens is 2. The van der Waals surface area contributed by atoms with E-state index in [1.807, 2.05) is 0 Å². The Morgan fingerprint density at radius 2 is 1.95 bits per heavy atom. The van der Waals surface area contributed by atoms with Gasteiger partial charge in [0.1, 0.15) is 6.04 Å². The fraction of sp³-hybridized carbons (Fsp3) is 0.667. The molecule has 0 aromatic heterocycles. The monoisotopic (exact) mass is 279 g/mol. The number of carbonyl (C=O) groups excluding carboxylic acids is 1. The van der Waals surface area contributed by atoms with Gasteiger partial charge in [-0.2, -0.15) is 0 Å². The minimum absolute atomic E-state index is 0.623.